The SMILES string of the molecule is COc1cc2c(cc1C(=O)Nc1cccc(C3=NNNN3C(C)C)n1)CN(C)C2.O=Cc1ccc(F)cc1. The molecule has 0 bridgehead atoms. The van der Waals surface area contributed by atoms with Crippen molar-refractivity contribution >= 4 is 23.8 Å². The van der Waals surface area contributed by atoms with Crippen molar-refractivity contribution < 1.29 is 18.7 Å². The summed E-state index contributed by atoms with van der Waals surface area (Å²) in [6, 6.07) is 14.9. The number of carbonyl (C=O) groups excluding carboxylic acids is 2. The summed E-state index contributed by atoms with van der Waals surface area (Å²) >= 11 is 0. The van der Waals surface area contributed by atoms with E-state index in [1.165, 1.54) is 29.8 Å². The third kappa shape index (κ3) is 6.13. The molecular weight excluding hydrogens is 489 g/mol. The Kier molecular flexibility index (Phi) is 8.29. The van der Waals surface area contributed by atoms with E-state index in [2.05, 4.69) is 38.4 Å². The third-order valence-corrected chi connectivity index (χ3v) is 5.95. The molecule has 3 aromatic rings. The number of aromatic nitrogens is 1. The summed E-state index contributed by atoms with van der Waals surface area (Å²) in [5.41, 5.74) is 9.69. The molecule has 38 heavy (non-hydrogen) atoms. The molecule has 5 rings (SSSR count). The summed E-state index contributed by atoms with van der Waals surface area (Å²) in [5.74, 6) is 1.10. The molecular formula is C27H30FN7O3. The van der Waals surface area contributed by atoms with Gasteiger partial charge in [-0.2, -0.15) is 0 Å². The predicted octanol–water partition coefficient (Wildman–Crippen LogP) is 3.32. The van der Waals surface area contributed by atoms with Crippen LogP contribution in [0.4, 0.5) is 10.2 Å². The fourth-order valence-corrected chi connectivity index (χ4v) is 4.09. The highest BCUT2D eigenvalue weighted by Gasteiger charge is 2.24. The zero-order valence-electron chi connectivity index (χ0n) is 21.7. The Labute approximate surface area is 220 Å². The van der Waals surface area contributed by atoms with E-state index in [1.807, 2.05) is 43.1 Å². The molecule has 198 valence electrons. The number of halogens is 1. The highest BCUT2D eigenvalue weighted by molar-refractivity contribution is 6.06. The van der Waals surface area contributed by atoms with E-state index >= 15 is 0 Å². The van der Waals surface area contributed by atoms with Gasteiger partial charge in [0.05, 0.1) is 12.7 Å². The highest BCUT2D eigenvalue weighted by atomic mass is 19.1. The van der Waals surface area contributed by atoms with Crippen molar-refractivity contribution in [3.63, 3.8) is 0 Å². The molecule has 2 aromatic carbocycles. The number of methoxy groups -OCH3 is 1. The number of carbonyl (C=O) groups is 2. The number of anilines is 1. The largest absolute Gasteiger partial charge is 0.496 e. The van der Waals surface area contributed by atoms with Gasteiger partial charge in [0.25, 0.3) is 5.91 Å². The lowest BCUT2D eigenvalue weighted by atomic mass is 10.0. The normalized spacial score (nSPS) is 14.3. The van der Waals surface area contributed by atoms with Gasteiger partial charge in [-0.3, -0.25) is 19.5 Å². The van der Waals surface area contributed by atoms with Crippen molar-refractivity contribution in [2.24, 2.45) is 5.10 Å². The summed E-state index contributed by atoms with van der Waals surface area (Å²) in [4.78, 5) is 29.7. The lowest BCUT2D eigenvalue weighted by molar-refractivity contribution is 0.102. The average Bonchev–Trinajstić information content (AvgIpc) is 3.55. The molecule has 11 heteroatoms. The van der Waals surface area contributed by atoms with Crippen LogP contribution in [0.5, 0.6) is 5.75 Å². The van der Waals surface area contributed by atoms with Gasteiger partial charge < -0.3 is 10.1 Å². The second-order valence-electron chi connectivity index (χ2n) is 9.15. The molecule has 0 aliphatic carbocycles. The second-order valence-corrected chi connectivity index (χ2v) is 9.15. The molecule has 3 heterocycles. The minimum atomic E-state index is -0.319. The zero-order valence-corrected chi connectivity index (χ0v) is 21.7. The fourth-order valence-electron chi connectivity index (χ4n) is 4.09. The smallest absolute Gasteiger partial charge is 0.260 e. The standard InChI is InChI=1S/C20H25N7O2.C7H5FO/c1-12(2)27-19(23-24-25-27)16-6-5-7-18(21-16)22-20(28)15-8-13-10-26(3)11-14(13)9-17(15)29-4;8-7-3-1-6(5-9)2-4-7/h5-9,12,24-25H,10-11H2,1-4H3,(H,21,22,28);1-5H. The minimum absolute atomic E-state index is 0.178. The molecule has 1 aromatic heterocycles. The van der Waals surface area contributed by atoms with Crippen LogP contribution >= 0.6 is 0 Å². The highest BCUT2D eigenvalue weighted by Crippen LogP contribution is 2.30. The molecule has 0 saturated carbocycles. The summed E-state index contributed by atoms with van der Waals surface area (Å²) in [7, 11) is 3.63. The van der Waals surface area contributed by atoms with Crippen LogP contribution in [-0.2, 0) is 13.1 Å². The molecule has 0 fully saturated rings. The fraction of sp³-hybridized carbons (Fsp3) is 0.259. The van der Waals surface area contributed by atoms with Crippen molar-refractivity contribution in [1.82, 2.24) is 26.0 Å². The number of hydrogen-bond donors (Lipinski definition) is 3. The first-order valence-electron chi connectivity index (χ1n) is 12.0. The Morgan fingerprint density at radius 1 is 1.13 bits per heavy atom. The van der Waals surface area contributed by atoms with Crippen molar-refractivity contribution in [1.29, 1.82) is 0 Å². The maximum absolute atomic E-state index is 13.0. The number of hydrogen-bond acceptors (Lipinski definition) is 9. The number of fused-ring (bicyclic) bond motifs is 1. The molecule has 3 N–H and O–H groups in total. The number of ether oxygens (including phenoxy) is 1. The maximum atomic E-state index is 13.0. The molecule has 0 saturated heterocycles. The van der Waals surface area contributed by atoms with Gasteiger partial charge in [0.2, 0.25) is 0 Å². The number of benzene rings is 2. The van der Waals surface area contributed by atoms with Crippen LogP contribution in [0.15, 0.2) is 59.7 Å². The van der Waals surface area contributed by atoms with E-state index in [1.54, 1.807) is 13.2 Å². The first-order valence-corrected chi connectivity index (χ1v) is 12.0. The van der Waals surface area contributed by atoms with E-state index in [0.717, 1.165) is 18.7 Å². The maximum Gasteiger partial charge on any atom is 0.260 e. The Hall–Kier alpha value is -4.35. The number of pyridine rings is 1. The Bertz CT molecular complexity index is 1340. The Morgan fingerprint density at radius 2 is 1.84 bits per heavy atom. The second kappa shape index (κ2) is 11.8. The van der Waals surface area contributed by atoms with Crippen molar-refractivity contribution in [2.75, 3.05) is 19.5 Å². The minimum Gasteiger partial charge on any atom is -0.496 e. The lowest BCUT2D eigenvalue weighted by Gasteiger charge is -2.22. The van der Waals surface area contributed by atoms with E-state index in [9.17, 15) is 14.0 Å². The summed E-state index contributed by atoms with van der Waals surface area (Å²) in [6.45, 7) is 5.75. The van der Waals surface area contributed by atoms with Crippen LogP contribution < -0.4 is 21.1 Å². The molecule has 2 aliphatic rings. The quantitative estimate of drug-likeness (QED) is 0.426. The van der Waals surface area contributed by atoms with Gasteiger partial charge in [0.1, 0.15) is 29.4 Å². The van der Waals surface area contributed by atoms with Gasteiger partial charge in [-0.05, 0) is 80.6 Å². The summed E-state index contributed by atoms with van der Waals surface area (Å²) in [5, 5.41) is 9.00. The van der Waals surface area contributed by atoms with Gasteiger partial charge in [0, 0.05) is 24.7 Å². The number of amidine groups is 1. The van der Waals surface area contributed by atoms with Gasteiger partial charge >= 0.3 is 0 Å². The first kappa shape index (κ1) is 26.7. The van der Waals surface area contributed by atoms with E-state index in [-0.39, 0.29) is 17.8 Å². The summed E-state index contributed by atoms with van der Waals surface area (Å²) in [6.07, 6.45) is 0.680. The number of nitrogens with one attached hydrogen (secondary N) is 3. The van der Waals surface area contributed by atoms with Gasteiger partial charge in [-0.25, -0.2) is 14.9 Å². The number of hydrazone groups is 1. The number of hydrazine groups is 2. The van der Waals surface area contributed by atoms with E-state index < -0.39 is 0 Å². The summed E-state index contributed by atoms with van der Waals surface area (Å²) < 4.78 is 17.6. The number of amides is 1. The van der Waals surface area contributed by atoms with Crippen LogP contribution in [0.1, 0.15) is 51.4 Å². The number of nitrogens with zero attached hydrogens (tertiary/aromatic N) is 4. The topological polar surface area (TPSA) is 111 Å². The van der Waals surface area contributed by atoms with Crippen molar-refractivity contribution in [3.05, 3.63) is 88.4 Å². The zero-order chi connectivity index (χ0) is 27.2. The Balaban J connectivity index is 0.000000317. The molecule has 2 aliphatic heterocycles. The van der Waals surface area contributed by atoms with E-state index in [0.29, 0.717) is 40.5 Å². The van der Waals surface area contributed by atoms with Gasteiger partial charge in [0.15, 0.2) is 5.84 Å². The number of rotatable bonds is 6. The molecule has 0 radical (unpaired) electrons. The Morgan fingerprint density at radius 3 is 2.50 bits per heavy atom. The van der Waals surface area contributed by atoms with Crippen LogP contribution in [0.25, 0.3) is 0 Å². The molecule has 0 atom stereocenters. The molecule has 0 spiro atoms. The lowest BCUT2D eigenvalue weighted by Crippen LogP contribution is -2.45. The van der Waals surface area contributed by atoms with Gasteiger partial charge in [-0.1, -0.05) is 6.07 Å². The van der Waals surface area contributed by atoms with E-state index in [4.69, 9.17) is 4.74 Å². The van der Waals surface area contributed by atoms with Crippen molar-refractivity contribution in [2.45, 2.75) is 33.0 Å². The third-order valence-electron chi connectivity index (χ3n) is 5.95. The average molecular weight is 520 g/mol. The molecule has 1 amide bonds. The molecule has 10 nitrogen and oxygen atoms in total. The first-order chi connectivity index (χ1) is 18.3. The number of aldehydes is 1. The molecule has 0 unspecified atom stereocenters. The van der Waals surface area contributed by atoms with Crippen LogP contribution in [-0.4, -0.2) is 53.1 Å². The monoisotopic (exact) mass is 519 g/mol. The van der Waals surface area contributed by atoms with Crippen LogP contribution in [0, 0.1) is 5.82 Å². The van der Waals surface area contributed by atoms with Gasteiger partial charge in [-0.15, -0.1) is 10.6 Å². The van der Waals surface area contributed by atoms with Crippen LogP contribution in [0.2, 0.25) is 0 Å². The van der Waals surface area contributed by atoms with Crippen LogP contribution in [0.3, 0.4) is 0 Å². The predicted molar refractivity (Wildman–Crippen MR) is 142 cm³/mol. The van der Waals surface area contributed by atoms with Crippen molar-refractivity contribution in [3.8, 4) is 5.75 Å².